The molecule has 1 saturated heterocycles. The Hall–Kier alpha value is -4.54. The molecule has 1 spiro atoms. The highest BCUT2D eigenvalue weighted by Crippen LogP contribution is 2.52. The number of furan rings is 1. The number of carbonyl (C=O) groups excluding carboxylic acids is 1. The molecular formula is C29H19ClN4O5S. The van der Waals surface area contributed by atoms with Gasteiger partial charge < -0.3 is 9.15 Å². The zero-order valence-electron chi connectivity index (χ0n) is 20.6. The first kappa shape index (κ1) is 24.5. The van der Waals surface area contributed by atoms with Gasteiger partial charge >= 0.3 is 5.85 Å². The first-order valence-electron chi connectivity index (χ1n) is 12.4. The first-order valence-corrected chi connectivity index (χ1v) is 13.6. The smallest absolute Gasteiger partial charge is 0.314 e. The average molecular weight is 571 g/mol. The number of hydrogen-bond acceptors (Lipinski definition) is 8. The van der Waals surface area contributed by atoms with Crippen LogP contribution in [-0.2, 0) is 0 Å². The van der Waals surface area contributed by atoms with E-state index in [1.54, 1.807) is 41.4 Å². The number of para-hydroxylation sites is 2. The highest BCUT2D eigenvalue weighted by molar-refractivity contribution is 8.17. The van der Waals surface area contributed by atoms with Crippen molar-refractivity contribution in [2.45, 2.75) is 18.3 Å². The van der Waals surface area contributed by atoms with E-state index in [1.807, 2.05) is 48.5 Å². The minimum atomic E-state index is -1.40. The molecule has 4 heterocycles. The molecule has 7 rings (SSSR count). The second-order valence-corrected chi connectivity index (χ2v) is 10.9. The van der Waals surface area contributed by atoms with Crippen molar-refractivity contribution in [3.8, 4) is 17.1 Å². The maximum atomic E-state index is 12.9. The molecular weight excluding hydrogens is 552 g/mol. The fraction of sp³-hybridized carbons (Fsp3) is 0.103. The Morgan fingerprint density at radius 3 is 2.67 bits per heavy atom. The van der Waals surface area contributed by atoms with Gasteiger partial charge in [0, 0.05) is 23.1 Å². The third-order valence-corrected chi connectivity index (χ3v) is 8.17. The molecule has 198 valence electrons. The third-order valence-electron chi connectivity index (χ3n) is 7.02. The molecule has 3 aromatic carbocycles. The van der Waals surface area contributed by atoms with Crippen LogP contribution in [0.3, 0.4) is 0 Å². The number of hydrazone groups is 1. The van der Waals surface area contributed by atoms with Gasteiger partial charge in [-0.3, -0.25) is 20.2 Å². The summed E-state index contributed by atoms with van der Waals surface area (Å²) in [6, 6.07) is 24.7. The van der Waals surface area contributed by atoms with Crippen molar-refractivity contribution in [2.75, 3.05) is 0 Å². The molecule has 4 aromatic rings. The van der Waals surface area contributed by atoms with E-state index in [0.29, 0.717) is 39.2 Å². The average Bonchev–Trinajstić information content (AvgIpc) is 3.68. The van der Waals surface area contributed by atoms with Crippen LogP contribution in [0.5, 0.6) is 5.75 Å². The Labute approximate surface area is 237 Å². The van der Waals surface area contributed by atoms with Crippen LogP contribution in [-0.4, -0.2) is 26.7 Å². The second kappa shape index (κ2) is 9.29. The van der Waals surface area contributed by atoms with Crippen LogP contribution in [0.1, 0.15) is 29.3 Å². The van der Waals surface area contributed by atoms with E-state index in [2.05, 4.69) is 5.32 Å². The number of fused-ring (bicyclic) bond motifs is 4. The number of nitro benzene ring substituents is 1. The Morgan fingerprint density at radius 2 is 1.85 bits per heavy atom. The SMILES string of the molecule is O=C1NC2(Oc3ccccc3C3CC(c4ccc(Cl)cc4)=NN32)C(=Cc2ccc(-c3ccccc3[N+](=O)[O-])o2)S1. The molecule has 11 heteroatoms. The lowest BCUT2D eigenvalue weighted by Gasteiger charge is -2.44. The third kappa shape index (κ3) is 3.95. The van der Waals surface area contributed by atoms with Gasteiger partial charge in [-0.2, -0.15) is 5.10 Å². The van der Waals surface area contributed by atoms with Crippen molar-refractivity contribution in [3.63, 3.8) is 0 Å². The van der Waals surface area contributed by atoms with Gasteiger partial charge in [0.2, 0.25) is 0 Å². The van der Waals surface area contributed by atoms with Crippen molar-refractivity contribution in [1.29, 1.82) is 0 Å². The van der Waals surface area contributed by atoms with E-state index >= 15 is 0 Å². The van der Waals surface area contributed by atoms with Gasteiger partial charge in [0.15, 0.2) is 0 Å². The van der Waals surface area contributed by atoms with E-state index in [9.17, 15) is 14.9 Å². The summed E-state index contributed by atoms with van der Waals surface area (Å²) in [5.41, 5.74) is 3.02. The molecule has 2 unspecified atom stereocenters. The molecule has 0 aliphatic carbocycles. The number of halogens is 1. The van der Waals surface area contributed by atoms with Gasteiger partial charge in [0.25, 0.3) is 10.9 Å². The molecule has 0 bridgehead atoms. The number of hydrogen-bond donors (Lipinski definition) is 1. The van der Waals surface area contributed by atoms with E-state index in [0.717, 1.165) is 28.6 Å². The zero-order valence-corrected chi connectivity index (χ0v) is 22.2. The van der Waals surface area contributed by atoms with Crippen molar-refractivity contribution in [1.82, 2.24) is 10.3 Å². The Balaban J connectivity index is 1.32. The lowest BCUT2D eigenvalue weighted by atomic mass is 9.96. The number of rotatable bonds is 4. The van der Waals surface area contributed by atoms with Crippen molar-refractivity contribution in [3.05, 3.63) is 122 Å². The van der Waals surface area contributed by atoms with E-state index in [1.165, 1.54) is 6.07 Å². The zero-order chi connectivity index (χ0) is 27.4. The molecule has 1 amide bonds. The van der Waals surface area contributed by atoms with Crippen LogP contribution in [0.2, 0.25) is 5.02 Å². The molecule has 0 radical (unpaired) electrons. The monoisotopic (exact) mass is 570 g/mol. The summed E-state index contributed by atoms with van der Waals surface area (Å²) >= 11 is 7.10. The topological polar surface area (TPSA) is 110 Å². The van der Waals surface area contributed by atoms with Gasteiger partial charge in [0.1, 0.15) is 17.3 Å². The quantitative estimate of drug-likeness (QED) is 0.204. The molecule has 1 aromatic heterocycles. The molecule has 9 nitrogen and oxygen atoms in total. The molecule has 1 N–H and O–H groups in total. The standard InChI is InChI=1S/C29H19ClN4O5S/c30-18-11-9-17(10-12-18)22-16-24-21-6-2-4-8-26(21)39-29(33(24)32-22)27(40-28(35)31-29)15-19-13-14-25(38-19)20-5-1-3-7-23(20)34(36)37/h1-15,24H,16H2,(H,31,35). The number of nitrogens with one attached hydrogen (secondary N) is 1. The summed E-state index contributed by atoms with van der Waals surface area (Å²) in [5.74, 6) is -0.00939. The fourth-order valence-electron chi connectivity index (χ4n) is 5.23. The summed E-state index contributed by atoms with van der Waals surface area (Å²) in [4.78, 5) is 24.5. The van der Waals surface area contributed by atoms with Gasteiger partial charge in [0.05, 0.1) is 27.1 Å². The lowest BCUT2D eigenvalue weighted by Crippen LogP contribution is -2.61. The lowest BCUT2D eigenvalue weighted by molar-refractivity contribution is -0.384. The Bertz CT molecular complexity index is 1750. The van der Waals surface area contributed by atoms with Gasteiger partial charge in [-0.25, -0.2) is 5.01 Å². The van der Waals surface area contributed by atoms with Gasteiger partial charge in [-0.15, -0.1) is 0 Å². The number of amides is 1. The number of nitrogens with zero attached hydrogens (tertiary/aromatic N) is 3. The van der Waals surface area contributed by atoms with Crippen molar-refractivity contribution in [2.24, 2.45) is 5.10 Å². The number of ether oxygens (including phenoxy) is 1. The Morgan fingerprint density at radius 1 is 1.07 bits per heavy atom. The van der Waals surface area contributed by atoms with Crippen LogP contribution in [0.15, 0.2) is 99.4 Å². The summed E-state index contributed by atoms with van der Waals surface area (Å²) in [6.07, 6.45) is 2.31. The number of carbonyl (C=O) groups is 1. The summed E-state index contributed by atoms with van der Waals surface area (Å²) in [5, 5.41) is 21.6. The largest absolute Gasteiger partial charge is 0.456 e. The summed E-state index contributed by atoms with van der Waals surface area (Å²) < 4.78 is 12.6. The molecule has 40 heavy (non-hydrogen) atoms. The summed E-state index contributed by atoms with van der Waals surface area (Å²) in [6.45, 7) is 0. The van der Waals surface area contributed by atoms with Crippen molar-refractivity contribution >= 4 is 46.1 Å². The molecule has 3 aliphatic heterocycles. The van der Waals surface area contributed by atoms with E-state index < -0.39 is 10.8 Å². The highest BCUT2D eigenvalue weighted by atomic mass is 35.5. The highest BCUT2D eigenvalue weighted by Gasteiger charge is 2.58. The van der Waals surface area contributed by atoms with Crippen LogP contribution in [0.4, 0.5) is 10.5 Å². The van der Waals surface area contributed by atoms with Crippen LogP contribution in [0.25, 0.3) is 17.4 Å². The molecule has 2 atom stereocenters. The first-order chi connectivity index (χ1) is 19.4. The number of nitro groups is 1. The Kier molecular flexibility index (Phi) is 5.69. The van der Waals surface area contributed by atoms with E-state index in [4.69, 9.17) is 25.9 Å². The maximum absolute atomic E-state index is 12.9. The van der Waals surface area contributed by atoms with Crippen molar-refractivity contribution < 1.29 is 18.9 Å². The van der Waals surface area contributed by atoms with Crippen LogP contribution >= 0.6 is 23.4 Å². The molecule has 1 fully saturated rings. The maximum Gasteiger partial charge on any atom is 0.314 e. The second-order valence-electron chi connectivity index (χ2n) is 9.40. The van der Waals surface area contributed by atoms with Gasteiger partial charge in [-0.05, 0) is 59.8 Å². The minimum Gasteiger partial charge on any atom is -0.456 e. The summed E-state index contributed by atoms with van der Waals surface area (Å²) in [7, 11) is 0. The number of thioether (sulfide) groups is 1. The fourth-order valence-corrected chi connectivity index (χ4v) is 6.24. The van der Waals surface area contributed by atoms with Crippen LogP contribution < -0.4 is 10.1 Å². The normalized spacial score (nSPS) is 22.1. The molecule has 3 aliphatic rings. The van der Waals surface area contributed by atoms with Gasteiger partial charge in [-0.1, -0.05) is 54.1 Å². The predicted octanol–water partition coefficient (Wildman–Crippen LogP) is 7.20. The van der Waals surface area contributed by atoms with Crippen LogP contribution in [0, 0.1) is 10.1 Å². The predicted molar refractivity (Wildman–Crippen MR) is 152 cm³/mol. The van der Waals surface area contributed by atoms with E-state index in [-0.39, 0.29) is 17.0 Å². The minimum absolute atomic E-state index is 0.0594. The number of benzene rings is 3. The molecule has 0 saturated carbocycles.